The molecule has 3 nitrogen and oxygen atoms in total. The normalized spacial score (nSPS) is 42.6. The second-order valence-electron chi connectivity index (χ2n) is 3.52. The molecule has 3 fully saturated rings. The van der Waals surface area contributed by atoms with Crippen LogP contribution in [-0.2, 0) is 0 Å². The van der Waals surface area contributed by atoms with E-state index in [0.717, 1.165) is 12.6 Å². The van der Waals surface area contributed by atoms with Crippen LogP contribution in [0.15, 0.2) is 0 Å². The molecule has 0 aromatic heterocycles. The Morgan fingerprint density at radius 1 is 1.20 bits per heavy atom. The van der Waals surface area contributed by atoms with Gasteiger partial charge in [-0.05, 0) is 19.9 Å². The number of likely N-dealkylation sites (N-methyl/N-ethyl adjacent to an activating group) is 1. The molecule has 10 heavy (non-hydrogen) atoms. The van der Waals surface area contributed by atoms with Crippen LogP contribution < -0.4 is 5.84 Å². The van der Waals surface area contributed by atoms with Gasteiger partial charge in [0.05, 0.1) is 0 Å². The van der Waals surface area contributed by atoms with Gasteiger partial charge in [-0.1, -0.05) is 0 Å². The Labute approximate surface area is 61.7 Å². The minimum Gasteiger partial charge on any atom is -0.300 e. The zero-order valence-corrected chi connectivity index (χ0v) is 6.45. The zero-order valence-electron chi connectivity index (χ0n) is 6.45. The number of hydrogen-bond acceptors (Lipinski definition) is 3. The van der Waals surface area contributed by atoms with E-state index in [1.165, 1.54) is 19.4 Å². The molecule has 2 unspecified atom stereocenters. The number of rotatable bonds is 0. The lowest BCUT2D eigenvalue weighted by Crippen LogP contribution is -2.63. The lowest BCUT2D eigenvalue weighted by atomic mass is 9.93. The van der Waals surface area contributed by atoms with Crippen molar-refractivity contribution < 1.29 is 0 Å². The third-order valence-corrected chi connectivity index (χ3v) is 2.85. The van der Waals surface area contributed by atoms with Crippen molar-refractivity contribution in [2.45, 2.75) is 24.9 Å². The molecule has 2 atom stereocenters. The Bertz CT molecular complexity index is 121. The van der Waals surface area contributed by atoms with E-state index in [9.17, 15) is 0 Å². The second kappa shape index (κ2) is 2.19. The summed E-state index contributed by atoms with van der Waals surface area (Å²) in [7, 11) is 2.20. The van der Waals surface area contributed by atoms with E-state index in [1.807, 2.05) is 5.01 Å². The van der Waals surface area contributed by atoms with Crippen molar-refractivity contribution in [2.75, 3.05) is 20.1 Å². The van der Waals surface area contributed by atoms with Crippen LogP contribution >= 0.6 is 0 Å². The van der Waals surface area contributed by atoms with Gasteiger partial charge in [-0.15, -0.1) is 0 Å². The first kappa shape index (κ1) is 6.58. The Morgan fingerprint density at radius 2 is 1.90 bits per heavy atom. The summed E-state index contributed by atoms with van der Waals surface area (Å²) in [6.45, 7) is 2.24. The number of fused-ring (bicyclic) bond motifs is 3. The lowest BCUT2D eigenvalue weighted by molar-refractivity contribution is -0.00675. The van der Waals surface area contributed by atoms with Crippen LogP contribution in [0.2, 0.25) is 0 Å². The molecule has 3 saturated heterocycles. The molecule has 0 saturated carbocycles. The Balaban J connectivity index is 2.09. The standard InChI is InChI=1S/C7H15N3/c1-9-4-7-3-2-6(9)5-10(7)8/h6-7H,2-5,8H2,1H3. The zero-order chi connectivity index (χ0) is 7.14. The first-order valence-corrected chi connectivity index (χ1v) is 3.99. The highest BCUT2D eigenvalue weighted by Crippen LogP contribution is 2.24. The van der Waals surface area contributed by atoms with Gasteiger partial charge in [0.2, 0.25) is 0 Å². The number of nitrogens with two attached hydrogens (primary N) is 1. The topological polar surface area (TPSA) is 32.5 Å². The van der Waals surface area contributed by atoms with Crippen LogP contribution in [0.25, 0.3) is 0 Å². The van der Waals surface area contributed by atoms with Crippen LogP contribution in [0, 0.1) is 0 Å². The van der Waals surface area contributed by atoms with Gasteiger partial charge in [0.1, 0.15) is 0 Å². The molecule has 3 heteroatoms. The van der Waals surface area contributed by atoms with Crippen molar-refractivity contribution in [1.29, 1.82) is 0 Å². The fourth-order valence-corrected chi connectivity index (χ4v) is 2.07. The summed E-state index contributed by atoms with van der Waals surface area (Å²) in [5, 5.41) is 2.01. The van der Waals surface area contributed by atoms with Gasteiger partial charge >= 0.3 is 0 Å². The fourth-order valence-electron chi connectivity index (χ4n) is 2.07. The molecule has 0 amide bonds. The molecule has 0 spiro atoms. The number of piperidine rings is 2. The maximum absolute atomic E-state index is 5.79. The number of hydrogen-bond donors (Lipinski definition) is 1. The van der Waals surface area contributed by atoms with E-state index in [2.05, 4.69) is 11.9 Å². The van der Waals surface area contributed by atoms with Crippen molar-refractivity contribution in [1.82, 2.24) is 9.91 Å². The van der Waals surface area contributed by atoms with Crippen LogP contribution in [0.3, 0.4) is 0 Å². The molecule has 3 heterocycles. The van der Waals surface area contributed by atoms with Gasteiger partial charge in [0, 0.05) is 25.2 Å². The third kappa shape index (κ3) is 0.856. The molecule has 0 aromatic carbocycles. The second-order valence-corrected chi connectivity index (χ2v) is 3.52. The summed E-state index contributed by atoms with van der Waals surface area (Å²) in [4.78, 5) is 2.43. The minimum absolute atomic E-state index is 0.634. The fraction of sp³-hybridized carbons (Fsp3) is 1.00. The quantitative estimate of drug-likeness (QED) is 0.467. The lowest BCUT2D eigenvalue weighted by Gasteiger charge is -2.48. The summed E-state index contributed by atoms with van der Waals surface area (Å²) in [5.74, 6) is 5.79. The Hall–Kier alpha value is -0.120. The molecular formula is C7H15N3. The Morgan fingerprint density at radius 3 is 2.20 bits per heavy atom. The van der Waals surface area contributed by atoms with Crippen LogP contribution in [-0.4, -0.2) is 42.1 Å². The van der Waals surface area contributed by atoms with Crippen molar-refractivity contribution in [3.05, 3.63) is 0 Å². The minimum atomic E-state index is 0.634. The molecule has 0 aromatic rings. The van der Waals surface area contributed by atoms with Gasteiger partial charge in [-0.2, -0.15) is 0 Å². The first-order valence-electron chi connectivity index (χ1n) is 3.99. The molecule has 3 aliphatic heterocycles. The van der Waals surface area contributed by atoms with Crippen molar-refractivity contribution in [2.24, 2.45) is 5.84 Å². The molecule has 2 bridgehead atoms. The predicted molar refractivity (Wildman–Crippen MR) is 40.3 cm³/mol. The van der Waals surface area contributed by atoms with Crippen molar-refractivity contribution >= 4 is 0 Å². The largest absolute Gasteiger partial charge is 0.300 e. The molecule has 0 radical (unpaired) electrons. The van der Waals surface area contributed by atoms with Gasteiger partial charge in [-0.25, -0.2) is 5.01 Å². The highest BCUT2D eigenvalue weighted by molar-refractivity contribution is 4.91. The molecule has 58 valence electrons. The highest BCUT2D eigenvalue weighted by atomic mass is 15.5. The molecule has 2 N–H and O–H groups in total. The number of nitrogens with zero attached hydrogens (tertiary/aromatic N) is 2. The Kier molecular flexibility index (Phi) is 1.44. The van der Waals surface area contributed by atoms with E-state index in [4.69, 9.17) is 5.84 Å². The molecule has 0 aliphatic carbocycles. The SMILES string of the molecule is CN1CC2CCC1CN2N. The molecule has 3 rings (SSSR count). The maximum Gasteiger partial charge on any atom is 0.0369 e. The summed E-state index contributed by atoms with van der Waals surface area (Å²) >= 11 is 0. The highest BCUT2D eigenvalue weighted by Gasteiger charge is 2.35. The third-order valence-electron chi connectivity index (χ3n) is 2.85. The van der Waals surface area contributed by atoms with Gasteiger partial charge in [0.15, 0.2) is 0 Å². The number of piperazine rings is 1. The first-order chi connectivity index (χ1) is 4.77. The van der Waals surface area contributed by atoms with E-state index in [-0.39, 0.29) is 0 Å². The van der Waals surface area contributed by atoms with Crippen LogP contribution in [0.5, 0.6) is 0 Å². The monoisotopic (exact) mass is 141 g/mol. The van der Waals surface area contributed by atoms with Gasteiger partial charge in [0.25, 0.3) is 0 Å². The number of hydrazine groups is 1. The average Bonchev–Trinajstić information content (AvgIpc) is 1.91. The predicted octanol–water partition coefficient (Wildman–Crippen LogP) is -0.361. The van der Waals surface area contributed by atoms with Gasteiger partial charge in [-0.3, -0.25) is 5.84 Å². The molecular weight excluding hydrogens is 126 g/mol. The van der Waals surface area contributed by atoms with Crippen molar-refractivity contribution in [3.8, 4) is 0 Å². The summed E-state index contributed by atoms with van der Waals surface area (Å²) in [5.41, 5.74) is 0. The van der Waals surface area contributed by atoms with E-state index < -0.39 is 0 Å². The average molecular weight is 141 g/mol. The van der Waals surface area contributed by atoms with Crippen LogP contribution in [0.4, 0.5) is 0 Å². The smallest absolute Gasteiger partial charge is 0.0369 e. The van der Waals surface area contributed by atoms with E-state index >= 15 is 0 Å². The maximum atomic E-state index is 5.79. The van der Waals surface area contributed by atoms with E-state index in [1.54, 1.807) is 0 Å². The van der Waals surface area contributed by atoms with Crippen LogP contribution in [0.1, 0.15) is 12.8 Å². The van der Waals surface area contributed by atoms with E-state index in [0.29, 0.717) is 6.04 Å². The molecule has 3 aliphatic rings. The summed E-state index contributed by atoms with van der Waals surface area (Å²) in [6, 6.07) is 1.37. The van der Waals surface area contributed by atoms with Gasteiger partial charge < -0.3 is 4.90 Å². The van der Waals surface area contributed by atoms with Crippen molar-refractivity contribution in [3.63, 3.8) is 0 Å². The summed E-state index contributed by atoms with van der Waals surface area (Å²) < 4.78 is 0. The summed E-state index contributed by atoms with van der Waals surface area (Å²) in [6.07, 6.45) is 2.64.